The van der Waals surface area contributed by atoms with Crippen LogP contribution in [0.5, 0.6) is 0 Å². The standard InChI is InChI=1S/C16H17N3O3/c17-10-15(20)19(11-16(21)22)14-9-5-4-8-13(14)18-12-6-2-1-3-7-12/h1-9,18H,10-11,17H2,(H,21,22). The number of rotatable bonds is 6. The van der Waals surface area contributed by atoms with Crippen LogP contribution >= 0.6 is 0 Å². The highest BCUT2D eigenvalue weighted by Crippen LogP contribution is 2.28. The molecule has 0 saturated carbocycles. The predicted octanol–water partition coefficient (Wildman–Crippen LogP) is 1.81. The summed E-state index contributed by atoms with van der Waals surface area (Å²) < 4.78 is 0. The Morgan fingerprint density at radius 3 is 2.32 bits per heavy atom. The number of para-hydroxylation sites is 3. The second-order valence-electron chi connectivity index (χ2n) is 4.59. The van der Waals surface area contributed by atoms with Gasteiger partial charge in [-0.3, -0.25) is 14.5 Å². The van der Waals surface area contributed by atoms with Crippen LogP contribution in [-0.2, 0) is 9.59 Å². The van der Waals surface area contributed by atoms with E-state index in [-0.39, 0.29) is 6.54 Å². The molecule has 0 spiro atoms. The summed E-state index contributed by atoms with van der Waals surface area (Å²) in [5.74, 6) is -1.55. The molecule has 2 rings (SSSR count). The van der Waals surface area contributed by atoms with E-state index in [2.05, 4.69) is 5.32 Å². The van der Waals surface area contributed by atoms with Gasteiger partial charge in [-0.15, -0.1) is 0 Å². The van der Waals surface area contributed by atoms with Crippen molar-refractivity contribution in [3.63, 3.8) is 0 Å². The molecule has 0 saturated heterocycles. The molecule has 0 atom stereocenters. The third-order valence-corrected chi connectivity index (χ3v) is 3.02. The zero-order valence-corrected chi connectivity index (χ0v) is 11.9. The number of nitrogens with one attached hydrogen (secondary N) is 1. The Hall–Kier alpha value is -2.86. The Balaban J connectivity index is 2.36. The van der Waals surface area contributed by atoms with Crippen LogP contribution in [0.2, 0.25) is 0 Å². The normalized spacial score (nSPS) is 10.0. The van der Waals surface area contributed by atoms with Gasteiger partial charge in [0.1, 0.15) is 6.54 Å². The first-order valence-electron chi connectivity index (χ1n) is 6.75. The van der Waals surface area contributed by atoms with Crippen molar-refractivity contribution in [2.24, 2.45) is 5.73 Å². The quantitative estimate of drug-likeness (QED) is 0.756. The average Bonchev–Trinajstić information content (AvgIpc) is 2.53. The number of carboxylic acid groups (broad SMARTS) is 1. The van der Waals surface area contributed by atoms with Crippen molar-refractivity contribution in [3.8, 4) is 0 Å². The Bertz CT molecular complexity index is 659. The number of hydrogen-bond acceptors (Lipinski definition) is 4. The van der Waals surface area contributed by atoms with Gasteiger partial charge in [0.15, 0.2) is 0 Å². The van der Waals surface area contributed by atoms with E-state index in [4.69, 9.17) is 10.8 Å². The van der Waals surface area contributed by atoms with Crippen LogP contribution in [0.1, 0.15) is 0 Å². The summed E-state index contributed by atoms with van der Waals surface area (Å²) in [6.45, 7) is -0.698. The maximum Gasteiger partial charge on any atom is 0.323 e. The number of hydrogen-bond donors (Lipinski definition) is 3. The minimum absolute atomic E-state index is 0.257. The van der Waals surface area contributed by atoms with E-state index < -0.39 is 18.4 Å². The van der Waals surface area contributed by atoms with Gasteiger partial charge in [0.2, 0.25) is 5.91 Å². The molecule has 0 aliphatic rings. The number of amides is 1. The summed E-state index contributed by atoms with van der Waals surface area (Å²) in [5, 5.41) is 12.2. The monoisotopic (exact) mass is 299 g/mol. The molecule has 1 amide bonds. The predicted molar refractivity (Wildman–Crippen MR) is 85.2 cm³/mol. The van der Waals surface area contributed by atoms with E-state index in [9.17, 15) is 9.59 Å². The van der Waals surface area contributed by atoms with Crippen LogP contribution in [0, 0.1) is 0 Å². The third kappa shape index (κ3) is 3.83. The van der Waals surface area contributed by atoms with Crippen LogP contribution in [0.4, 0.5) is 17.1 Å². The number of nitrogens with two attached hydrogens (primary N) is 1. The number of anilines is 3. The van der Waals surface area contributed by atoms with Gasteiger partial charge in [-0.05, 0) is 24.3 Å². The minimum atomic E-state index is -1.10. The summed E-state index contributed by atoms with van der Waals surface area (Å²) in [6.07, 6.45) is 0. The highest BCUT2D eigenvalue weighted by Gasteiger charge is 2.20. The highest BCUT2D eigenvalue weighted by molar-refractivity contribution is 6.01. The highest BCUT2D eigenvalue weighted by atomic mass is 16.4. The van der Waals surface area contributed by atoms with Gasteiger partial charge < -0.3 is 16.2 Å². The van der Waals surface area contributed by atoms with Crippen LogP contribution in [0.3, 0.4) is 0 Å². The molecule has 0 bridgehead atoms. The Kier molecular flexibility index (Phi) is 5.11. The smallest absolute Gasteiger partial charge is 0.323 e. The van der Waals surface area contributed by atoms with Gasteiger partial charge >= 0.3 is 5.97 Å². The van der Waals surface area contributed by atoms with Gasteiger partial charge in [-0.2, -0.15) is 0 Å². The molecule has 6 heteroatoms. The van der Waals surface area contributed by atoms with Crippen molar-refractivity contribution in [2.75, 3.05) is 23.3 Å². The molecule has 0 aromatic heterocycles. The Morgan fingerprint density at radius 1 is 1.05 bits per heavy atom. The number of aliphatic carboxylic acids is 1. The summed E-state index contributed by atoms with van der Waals surface area (Å²) in [4.78, 5) is 24.1. The molecular weight excluding hydrogens is 282 g/mol. The van der Waals surface area contributed by atoms with E-state index in [0.717, 1.165) is 10.6 Å². The fourth-order valence-electron chi connectivity index (χ4n) is 2.04. The molecule has 6 nitrogen and oxygen atoms in total. The van der Waals surface area contributed by atoms with Crippen LogP contribution in [-0.4, -0.2) is 30.1 Å². The maximum absolute atomic E-state index is 12.0. The number of carbonyl (C=O) groups is 2. The zero-order valence-electron chi connectivity index (χ0n) is 11.9. The SMILES string of the molecule is NCC(=O)N(CC(=O)O)c1ccccc1Nc1ccccc1. The lowest BCUT2D eigenvalue weighted by atomic mass is 10.2. The van der Waals surface area contributed by atoms with Crippen LogP contribution in [0.25, 0.3) is 0 Å². The molecule has 0 radical (unpaired) electrons. The van der Waals surface area contributed by atoms with Crippen molar-refractivity contribution >= 4 is 28.9 Å². The lowest BCUT2D eigenvalue weighted by Crippen LogP contribution is -2.40. The van der Waals surface area contributed by atoms with Gasteiger partial charge in [-0.1, -0.05) is 30.3 Å². The molecule has 22 heavy (non-hydrogen) atoms. The van der Waals surface area contributed by atoms with E-state index in [1.54, 1.807) is 24.3 Å². The van der Waals surface area contributed by atoms with Gasteiger partial charge in [0.05, 0.1) is 17.9 Å². The summed E-state index contributed by atoms with van der Waals surface area (Å²) in [7, 11) is 0. The Labute approximate surface area is 128 Å². The maximum atomic E-state index is 12.0. The molecule has 0 aliphatic heterocycles. The van der Waals surface area contributed by atoms with Crippen molar-refractivity contribution in [3.05, 3.63) is 54.6 Å². The topological polar surface area (TPSA) is 95.7 Å². The fourth-order valence-corrected chi connectivity index (χ4v) is 2.04. The number of benzene rings is 2. The number of carboxylic acids is 1. The molecule has 2 aromatic rings. The molecule has 0 fully saturated rings. The van der Waals surface area contributed by atoms with Gasteiger partial charge in [0, 0.05) is 5.69 Å². The first-order chi connectivity index (χ1) is 10.6. The lowest BCUT2D eigenvalue weighted by molar-refractivity contribution is -0.136. The minimum Gasteiger partial charge on any atom is -0.480 e. The zero-order chi connectivity index (χ0) is 15.9. The molecule has 2 aromatic carbocycles. The summed E-state index contributed by atoms with van der Waals surface area (Å²) >= 11 is 0. The van der Waals surface area contributed by atoms with E-state index >= 15 is 0 Å². The Morgan fingerprint density at radius 2 is 1.68 bits per heavy atom. The first kappa shape index (κ1) is 15.5. The van der Waals surface area contributed by atoms with Gasteiger partial charge in [0.25, 0.3) is 0 Å². The van der Waals surface area contributed by atoms with E-state index in [1.165, 1.54) is 0 Å². The van der Waals surface area contributed by atoms with Crippen molar-refractivity contribution in [2.45, 2.75) is 0 Å². The molecule has 0 aliphatic carbocycles. The largest absolute Gasteiger partial charge is 0.480 e. The molecule has 114 valence electrons. The molecule has 4 N–H and O–H groups in total. The first-order valence-corrected chi connectivity index (χ1v) is 6.75. The number of nitrogens with zero attached hydrogens (tertiary/aromatic N) is 1. The second kappa shape index (κ2) is 7.24. The van der Waals surface area contributed by atoms with Crippen molar-refractivity contribution in [1.82, 2.24) is 0 Å². The summed E-state index contributed by atoms with van der Waals surface area (Å²) in [5.41, 5.74) is 7.33. The lowest BCUT2D eigenvalue weighted by Gasteiger charge is -2.23. The van der Waals surface area contributed by atoms with E-state index in [1.807, 2.05) is 30.3 Å². The molecular formula is C16H17N3O3. The number of carbonyl (C=O) groups excluding carboxylic acids is 1. The van der Waals surface area contributed by atoms with Crippen molar-refractivity contribution < 1.29 is 14.7 Å². The van der Waals surface area contributed by atoms with Crippen LogP contribution in [0.15, 0.2) is 54.6 Å². The van der Waals surface area contributed by atoms with Crippen molar-refractivity contribution in [1.29, 1.82) is 0 Å². The third-order valence-electron chi connectivity index (χ3n) is 3.02. The van der Waals surface area contributed by atoms with E-state index in [0.29, 0.717) is 11.4 Å². The van der Waals surface area contributed by atoms with Gasteiger partial charge in [-0.25, -0.2) is 0 Å². The fraction of sp³-hybridized carbons (Fsp3) is 0.125. The molecule has 0 unspecified atom stereocenters. The van der Waals surface area contributed by atoms with Crippen LogP contribution < -0.4 is 16.0 Å². The second-order valence-corrected chi connectivity index (χ2v) is 4.59. The summed E-state index contributed by atoms with van der Waals surface area (Å²) in [6, 6.07) is 16.4. The average molecular weight is 299 g/mol. The molecule has 0 heterocycles.